The van der Waals surface area contributed by atoms with Crippen molar-refractivity contribution in [1.82, 2.24) is 0 Å². The average Bonchev–Trinajstić information content (AvgIpc) is 2.17. The number of aliphatic hydroxyl groups excluding tert-OH is 3. The molecule has 0 aromatic heterocycles. The van der Waals surface area contributed by atoms with Crippen molar-refractivity contribution in [3.05, 3.63) is 0 Å². The second-order valence-corrected chi connectivity index (χ2v) is 4.92. The molecule has 5 atom stereocenters. The van der Waals surface area contributed by atoms with Crippen LogP contribution in [0.3, 0.4) is 0 Å². The van der Waals surface area contributed by atoms with Crippen LogP contribution in [0.1, 0.15) is 0 Å². The van der Waals surface area contributed by atoms with Crippen molar-refractivity contribution in [2.24, 2.45) is 0 Å². The summed E-state index contributed by atoms with van der Waals surface area (Å²) < 4.78 is 41.0. The predicted octanol–water partition coefficient (Wildman–Crippen LogP) is -6.01. The minimum atomic E-state index is -4.61. The van der Waals surface area contributed by atoms with E-state index < -0.39 is 46.6 Å². The second kappa shape index (κ2) is 7.21. The van der Waals surface area contributed by atoms with E-state index in [1.165, 1.54) is 7.11 Å². The molecule has 1 fully saturated rings. The molecule has 0 amide bonds. The van der Waals surface area contributed by atoms with Gasteiger partial charge in [-0.3, -0.25) is 0 Å². The topological polar surface area (TPSA) is 136 Å². The number of ether oxygens (including phenoxy) is 2. The van der Waals surface area contributed by atoms with Crippen molar-refractivity contribution in [3.8, 4) is 0 Å². The summed E-state index contributed by atoms with van der Waals surface area (Å²) in [6.07, 6.45) is -7.52. The first-order valence-corrected chi connectivity index (χ1v) is 6.00. The van der Waals surface area contributed by atoms with Gasteiger partial charge in [0.25, 0.3) is 0 Å². The SMILES string of the molecule is CO[C@@H]1O[C@H](CS(=O)(=O)[O-])[C@@H](O)[C@H](O)[C@H]1O.[K+]. The van der Waals surface area contributed by atoms with E-state index >= 15 is 0 Å². The van der Waals surface area contributed by atoms with Gasteiger partial charge in [0.05, 0.1) is 15.9 Å². The first-order valence-electron chi connectivity index (χ1n) is 4.42. The molecule has 0 unspecified atom stereocenters. The Balaban J connectivity index is 0.00000256. The van der Waals surface area contributed by atoms with Crippen LogP contribution in [-0.2, 0) is 19.6 Å². The van der Waals surface area contributed by atoms with Gasteiger partial charge in [0.2, 0.25) is 0 Å². The van der Waals surface area contributed by atoms with Gasteiger partial charge in [-0.2, -0.15) is 0 Å². The van der Waals surface area contributed by atoms with Gasteiger partial charge in [0, 0.05) is 7.11 Å². The van der Waals surface area contributed by atoms with E-state index in [0.29, 0.717) is 0 Å². The summed E-state index contributed by atoms with van der Waals surface area (Å²) in [5, 5.41) is 28.1. The molecule has 3 N–H and O–H groups in total. The van der Waals surface area contributed by atoms with Crippen molar-refractivity contribution >= 4 is 10.1 Å². The molecule has 0 saturated carbocycles. The average molecular weight is 296 g/mol. The molecule has 0 radical (unpaired) electrons. The van der Waals surface area contributed by atoms with Gasteiger partial charge in [-0.25, -0.2) is 8.42 Å². The fraction of sp³-hybridized carbons (Fsp3) is 1.00. The van der Waals surface area contributed by atoms with E-state index in [-0.39, 0.29) is 51.4 Å². The van der Waals surface area contributed by atoms with Gasteiger partial charge in [-0.1, -0.05) is 0 Å². The summed E-state index contributed by atoms with van der Waals surface area (Å²) >= 11 is 0. The summed E-state index contributed by atoms with van der Waals surface area (Å²) in [7, 11) is -3.44. The first kappa shape index (κ1) is 18.3. The molecule has 0 aromatic rings. The number of aliphatic hydroxyl groups is 3. The Hall–Kier alpha value is 1.35. The van der Waals surface area contributed by atoms with Gasteiger partial charge in [0.15, 0.2) is 6.29 Å². The number of methoxy groups -OCH3 is 1. The summed E-state index contributed by atoms with van der Waals surface area (Å²) in [5.74, 6) is -1.00. The fourth-order valence-corrected chi connectivity index (χ4v) is 2.13. The Bertz CT molecular complexity index is 331. The third-order valence-electron chi connectivity index (χ3n) is 2.27. The predicted molar refractivity (Wildman–Crippen MR) is 48.3 cm³/mol. The molecule has 8 nitrogen and oxygen atoms in total. The van der Waals surface area contributed by atoms with E-state index in [1.807, 2.05) is 0 Å². The van der Waals surface area contributed by atoms with Gasteiger partial charge >= 0.3 is 51.4 Å². The molecule has 1 saturated heterocycles. The molecule has 0 aliphatic carbocycles. The van der Waals surface area contributed by atoms with Crippen LogP contribution in [-0.4, -0.2) is 71.9 Å². The van der Waals surface area contributed by atoms with Gasteiger partial charge in [-0.15, -0.1) is 0 Å². The quantitative estimate of drug-likeness (QED) is 0.346. The minimum Gasteiger partial charge on any atom is -0.748 e. The van der Waals surface area contributed by atoms with Crippen molar-refractivity contribution in [1.29, 1.82) is 0 Å². The zero-order valence-corrected chi connectivity index (χ0v) is 13.3. The number of hydrogen-bond donors (Lipinski definition) is 3. The monoisotopic (exact) mass is 296 g/mol. The smallest absolute Gasteiger partial charge is 0.748 e. The van der Waals surface area contributed by atoms with Crippen molar-refractivity contribution in [2.45, 2.75) is 30.7 Å². The fourth-order valence-electron chi connectivity index (χ4n) is 1.45. The van der Waals surface area contributed by atoms with Crippen LogP contribution in [0.25, 0.3) is 0 Å². The summed E-state index contributed by atoms with van der Waals surface area (Å²) in [6, 6.07) is 0. The maximum atomic E-state index is 10.5. The molecule has 96 valence electrons. The largest absolute Gasteiger partial charge is 1.00 e. The zero-order chi connectivity index (χ0) is 12.5. The van der Waals surface area contributed by atoms with Crippen molar-refractivity contribution in [3.63, 3.8) is 0 Å². The second-order valence-electron chi connectivity index (χ2n) is 3.47. The summed E-state index contributed by atoms with van der Waals surface area (Å²) in [5.41, 5.74) is 0. The molecule has 17 heavy (non-hydrogen) atoms. The van der Waals surface area contributed by atoms with Gasteiger partial charge in [-0.05, 0) is 0 Å². The van der Waals surface area contributed by atoms with Crippen LogP contribution < -0.4 is 51.4 Å². The van der Waals surface area contributed by atoms with Gasteiger partial charge in [0.1, 0.15) is 24.4 Å². The third-order valence-corrected chi connectivity index (χ3v) is 3.01. The molecule has 0 bridgehead atoms. The summed E-state index contributed by atoms with van der Waals surface area (Å²) in [4.78, 5) is 0. The Labute approximate surface area is 141 Å². The first-order chi connectivity index (χ1) is 7.26. The molecular formula is C7H13KO8S. The molecule has 1 rings (SSSR count). The van der Waals surface area contributed by atoms with E-state index in [1.54, 1.807) is 0 Å². The Morgan fingerprint density at radius 1 is 1.24 bits per heavy atom. The Morgan fingerprint density at radius 3 is 2.18 bits per heavy atom. The Kier molecular flexibility index (Phi) is 7.79. The zero-order valence-electron chi connectivity index (χ0n) is 9.38. The molecule has 1 aliphatic heterocycles. The molecule has 10 heteroatoms. The van der Waals surface area contributed by atoms with E-state index in [9.17, 15) is 28.3 Å². The maximum absolute atomic E-state index is 10.5. The normalized spacial score (nSPS) is 38.5. The van der Waals surface area contributed by atoms with Crippen molar-refractivity contribution in [2.75, 3.05) is 12.9 Å². The molecule has 1 heterocycles. The third kappa shape index (κ3) is 5.08. The van der Waals surface area contributed by atoms with Gasteiger partial charge < -0.3 is 29.3 Å². The molecule has 0 spiro atoms. The number of rotatable bonds is 3. The van der Waals surface area contributed by atoms with E-state index in [0.717, 1.165) is 0 Å². The van der Waals surface area contributed by atoms with E-state index in [4.69, 9.17) is 4.74 Å². The van der Waals surface area contributed by atoms with E-state index in [2.05, 4.69) is 4.74 Å². The maximum Gasteiger partial charge on any atom is 1.00 e. The standard InChI is InChI=1S/C7H14O8S.K/c1-14-7-6(10)5(9)4(8)3(15-7)2-16(11,12)13;/h3-10H,2H2,1H3,(H,11,12,13);/q;+1/p-1/t3-,4-,5+,6-,7-;/m1./s1. The van der Waals surface area contributed by atoms with Crippen molar-refractivity contribution < 1.29 is 89.1 Å². The molecule has 0 aromatic carbocycles. The minimum absolute atomic E-state index is 0. The summed E-state index contributed by atoms with van der Waals surface area (Å²) in [6.45, 7) is 0. The van der Waals surface area contributed by atoms with Crippen LogP contribution in [0.15, 0.2) is 0 Å². The Morgan fingerprint density at radius 2 is 1.76 bits per heavy atom. The van der Waals surface area contributed by atoms with Crippen LogP contribution in [0.4, 0.5) is 0 Å². The van der Waals surface area contributed by atoms with Crippen LogP contribution >= 0.6 is 0 Å². The number of hydrogen-bond acceptors (Lipinski definition) is 8. The van der Waals surface area contributed by atoms with Crippen LogP contribution in [0.2, 0.25) is 0 Å². The van der Waals surface area contributed by atoms with Crippen LogP contribution in [0, 0.1) is 0 Å². The molecular weight excluding hydrogens is 283 g/mol. The molecule has 1 aliphatic rings. The van der Waals surface area contributed by atoms with Crippen LogP contribution in [0.5, 0.6) is 0 Å².